The summed E-state index contributed by atoms with van der Waals surface area (Å²) in [5.74, 6) is -0.0399. The van der Waals surface area contributed by atoms with Crippen LogP contribution < -0.4 is 15.4 Å². The Bertz CT molecular complexity index is 1510. The summed E-state index contributed by atoms with van der Waals surface area (Å²) >= 11 is 0. The Balaban J connectivity index is 0.000000264. The molecule has 2 fully saturated rings. The molecule has 47 heavy (non-hydrogen) atoms. The molecule has 0 bridgehead atoms. The Kier molecular flexibility index (Phi) is 11.4. The lowest BCUT2D eigenvalue weighted by molar-refractivity contribution is -0.140. The maximum atomic E-state index is 13.0. The number of nitrogens with zero attached hydrogens (tertiary/aromatic N) is 4. The van der Waals surface area contributed by atoms with Gasteiger partial charge in [0.25, 0.3) is 5.91 Å². The molecule has 0 radical (unpaired) electrons. The van der Waals surface area contributed by atoms with Crippen molar-refractivity contribution < 1.29 is 42.1 Å². The summed E-state index contributed by atoms with van der Waals surface area (Å²) in [5, 5.41) is 21.7. The highest BCUT2D eigenvalue weighted by molar-refractivity contribution is 5.78. The lowest BCUT2D eigenvalue weighted by Gasteiger charge is -2.34. The van der Waals surface area contributed by atoms with E-state index < -0.39 is 41.5 Å². The molecule has 2 aliphatic heterocycles. The first-order chi connectivity index (χ1) is 22.2. The normalized spacial score (nSPS) is 18.5. The van der Waals surface area contributed by atoms with E-state index in [1.165, 1.54) is 17.0 Å². The number of hydrogen-bond donors (Lipinski definition) is 4. The molecule has 2 aromatic carbocycles. The molecule has 3 heterocycles. The molecule has 16 heteroatoms. The van der Waals surface area contributed by atoms with E-state index in [1.807, 2.05) is 18.2 Å². The minimum atomic E-state index is -4.45. The van der Waals surface area contributed by atoms with Crippen LogP contribution in [-0.2, 0) is 20.5 Å². The molecule has 3 aromatic rings. The topological polar surface area (TPSA) is 162 Å². The second-order valence-corrected chi connectivity index (χ2v) is 11.8. The van der Waals surface area contributed by atoms with Crippen molar-refractivity contribution >= 4 is 18.0 Å². The van der Waals surface area contributed by atoms with E-state index in [9.17, 15) is 27.6 Å². The largest absolute Gasteiger partial charge is 0.484 e. The molecule has 2 amide bonds. The van der Waals surface area contributed by atoms with Gasteiger partial charge in [0.05, 0.1) is 12.1 Å². The molecule has 5 rings (SSSR count). The van der Waals surface area contributed by atoms with Gasteiger partial charge in [-0.05, 0) is 45.0 Å². The average Bonchev–Trinajstić information content (AvgIpc) is 3.54. The van der Waals surface area contributed by atoms with Crippen molar-refractivity contribution in [3.63, 3.8) is 0 Å². The first kappa shape index (κ1) is 35.2. The number of para-hydroxylation sites is 1. The summed E-state index contributed by atoms with van der Waals surface area (Å²) in [7, 11) is 0. The van der Waals surface area contributed by atoms with Crippen LogP contribution in [-0.4, -0.2) is 106 Å². The number of amides is 2. The smallest absolute Gasteiger partial charge is 0.416 e. The number of carboxylic acids is 1. The molecule has 2 unspecified atom stereocenters. The number of aromatic amines is 1. The molecule has 1 aromatic heterocycles. The Hall–Kier alpha value is -4.70. The number of ether oxygens (including phenoxy) is 2. The maximum absolute atomic E-state index is 13.0. The number of alkyl halides is 3. The second kappa shape index (κ2) is 15.3. The first-order valence-electron chi connectivity index (χ1n) is 14.9. The van der Waals surface area contributed by atoms with Gasteiger partial charge in [0.15, 0.2) is 12.4 Å². The van der Waals surface area contributed by atoms with Gasteiger partial charge in [-0.1, -0.05) is 30.3 Å². The van der Waals surface area contributed by atoms with E-state index in [-0.39, 0.29) is 30.4 Å². The van der Waals surface area contributed by atoms with Crippen LogP contribution in [0.4, 0.5) is 18.0 Å². The number of aromatic nitrogens is 3. The number of halogens is 3. The van der Waals surface area contributed by atoms with Crippen molar-refractivity contribution in [1.82, 2.24) is 35.6 Å². The zero-order valence-corrected chi connectivity index (χ0v) is 26.2. The van der Waals surface area contributed by atoms with Crippen LogP contribution in [0.5, 0.6) is 5.75 Å². The minimum absolute atomic E-state index is 0.130. The molecule has 13 nitrogen and oxygen atoms in total. The zero-order valence-electron chi connectivity index (χ0n) is 26.2. The summed E-state index contributed by atoms with van der Waals surface area (Å²) in [5.41, 5.74) is -1.09. The minimum Gasteiger partial charge on any atom is -0.484 e. The monoisotopic (exact) mass is 661 g/mol. The summed E-state index contributed by atoms with van der Waals surface area (Å²) in [6.07, 6.45) is -4.91. The Morgan fingerprint density at radius 1 is 1.02 bits per heavy atom. The number of hydrogen-bond acceptors (Lipinski definition) is 9. The third kappa shape index (κ3) is 10.1. The molecule has 0 aliphatic carbocycles. The van der Waals surface area contributed by atoms with Crippen LogP contribution in [0, 0.1) is 0 Å². The van der Waals surface area contributed by atoms with E-state index in [0.717, 1.165) is 12.1 Å². The fourth-order valence-corrected chi connectivity index (χ4v) is 4.79. The molecule has 254 valence electrons. The van der Waals surface area contributed by atoms with Crippen LogP contribution in [0.15, 0.2) is 54.6 Å². The van der Waals surface area contributed by atoms with E-state index in [4.69, 9.17) is 14.6 Å². The summed E-state index contributed by atoms with van der Waals surface area (Å²) in [6.45, 7) is 7.79. The van der Waals surface area contributed by atoms with Crippen molar-refractivity contribution in [3.05, 3.63) is 66.0 Å². The van der Waals surface area contributed by atoms with Crippen molar-refractivity contribution in [1.29, 1.82) is 0 Å². The lowest BCUT2D eigenvalue weighted by atomic mass is 10.1. The van der Waals surface area contributed by atoms with Gasteiger partial charge >= 0.3 is 18.2 Å². The predicted molar refractivity (Wildman–Crippen MR) is 163 cm³/mol. The number of carbonyl (C=O) groups excluding carboxylic acids is 2. The van der Waals surface area contributed by atoms with Crippen molar-refractivity contribution in [3.8, 4) is 17.1 Å². The lowest BCUT2D eigenvalue weighted by Crippen LogP contribution is -2.56. The highest BCUT2D eigenvalue weighted by Gasteiger charge is 2.33. The molecule has 2 atom stereocenters. The van der Waals surface area contributed by atoms with Crippen LogP contribution in [0.25, 0.3) is 11.4 Å². The van der Waals surface area contributed by atoms with Crippen LogP contribution in [0.2, 0.25) is 0 Å². The third-order valence-corrected chi connectivity index (χ3v) is 7.06. The Labute approximate surface area is 269 Å². The van der Waals surface area contributed by atoms with Crippen LogP contribution in [0.1, 0.15) is 38.2 Å². The number of carbonyl (C=O) groups is 3. The Morgan fingerprint density at radius 2 is 1.77 bits per heavy atom. The van der Waals surface area contributed by atoms with Crippen molar-refractivity contribution in [2.75, 3.05) is 45.9 Å². The standard InChI is InChI=1S/C21H20F3N5O2.C10H18N2O4/c22-21(23,24)15-6-4-5-14(11-15)19-26-20(28-27-19)17-12-25-9-10-29(17)18(30)13-31-16-7-2-1-3-8-16;1-10(2,3)16-9(15)12-5-4-11-7(6-12)8(13)14/h1-8,11,17,25H,9-10,12-13H2,(H,26,27,28);7,11H,4-6H2,1-3H3,(H,13,14). The van der Waals surface area contributed by atoms with Gasteiger partial charge in [0.2, 0.25) is 0 Å². The predicted octanol–water partition coefficient (Wildman–Crippen LogP) is 3.32. The molecule has 0 saturated carbocycles. The molecule has 2 aliphatic rings. The number of rotatable bonds is 6. The van der Waals surface area contributed by atoms with Gasteiger partial charge in [-0.2, -0.15) is 18.3 Å². The average molecular weight is 662 g/mol. The van der Waals surface area contributed by atoms with E-state index in [2.05, 4.69) is 25.8 Å². The maximum Gasteiger partial charge on any atom is 0.416 e. The highest BCUT2D eigenvalue weighted by Crippen LogP contribution is 2.32. The van der Waals surface area contributed by atoms with Crippen LogP contribution >= 0.6 is 0 Å². The summed E-state index contributed by atoms with van der Waals surface area (Å²) < 4.78 is 49.7. The van der Waals surface area contributed by atoms with Crippen LogP contribution in [0.3, 0.4) is 0 Å². The quantitative estimate of drug-likeness (QED) is 0.308. The molecular weight excluding hydrogens is 623 g/mol. The fraction of sp³-hybridized carbons (Fsp3) is 0.452. The SMILES string of the molecule is CC(C)(C)OC(=O)N1CCNC(C(=O)O)C1.O=C(COc1ccccc1)N1CCNCC1c1nc(-c2cccc(C(F)(F)F)c2)n[nH]1. The summed E-state index contributed by atoms with van der Waals surface area (Å²) in [4.78, 5) is 42.6. The number of carboxylic acid groups (broad SMARTS) is 1. The van der Waals surface area contributed by atoms with E-state index in [0.29, 0.717) is 44.3 Å². The summed E-state index contributed by atoms with van der Waals surface area (Å²) in [6, 6.07) is 12.7. The number of H-pyrrole nitrogens is 1. The molecule has 0 spiro atoms. The van der Waals surface area contributed by atoms with Gasteiger partial charge in [0, 0.05) is 38.3 Å². The number of nitrogens with one attached hydrogen (secondary N) is 3. The van der Waals surface area contributed by atoms with Gasteiger partial charge in [-0.15, -0.1) is 0 Å². The van der Waals surface area contributed by atoms with Gasteiger partial charge in [0.1, 0.15) is 29.3 Å². The molecule has 4 N–H and O–H groups in total. The third-order valence-electron chi connectivity index (χ3n) is 7.06. The molecule has 2 saturated heterocycles. The first-order valence-corrected chi connectivity index (χ1v) is 14.9. The Morgan fingerprint density at radius 3 is 2.45 bits per heavy atom. The van der Waals surface area contributed by atoms with Crippen molar-refractivity contribution in [2.24, 2.45) is 0 Å². The van der Waals surface area contributed by atoms with Gasteiger partial charge in [-0.3, -0.25) is 14.7 Å². The van der Waals surface area contributed by atoms with E-state index in [1.54, 1.807) is 37.8 Å². The highest BCUT2D eigenvalue weighted by atomic mass is 19.4. The second-order valence-electron chi connectivity index (χ2n) is 11.8. The fourth-order valence-electron chi connectivity index (χ4n) is 4.79. The van der Waals surface area contributed by atoms with Crippen molar-refractivity contribution in [2.45, 2.75) is 44.6 Å². The number of benzene rings is 2. The number of aliphatic carboxylic acids is 1. The van der Waals surface area contributed by atoms with Gasteiger partial charge < -0.3 is 35.0 Å². The zero-order chi connectivity index (χ0) is 34.2. The van der Waals surface area contributed by atoms with Gasteiger partial charge in [-0.25, -0.2) is 9.78 Å². The number of piperazine rings is 2. The van der Waals surface area contributed by atoms with E-state index >= 15 is 0 Å². The molecular formula is C31H38F3N7O6.